The van der Waals surface area contributed by atoms with Gasteiger partial charge in [0.1, 0.15) is 0 Å². The van der Waals surface area contributed by atoms with Crippen molar-refractivity contribution in [2.75, 3.05) is 10.6 Å². The summed E-state index contributed by atoms with van der Waals surface area (Å²) in [6.07, 6.45) is -0.570. The van der Waals surface area contributed by atoms with Crippen molar-refractivity contribution in [1.82, 2.24) is 0 Å². The molecule has 0 bridgehead atoms. The Morgan fingerprint density at radius 1 is 0.833 bits per heavy atom. The number of ether oxygens (including phenoxy) is 2. The van der Waals surface area contributed by atoms with Crippen LogP contribution < -0.4 is 10.6 Å². The molecule has 0 aliphatic rings. The Hall–Kier alpha value is -2.93. The number of rotatable bonds is 6. The first-order valence-corrected chi connectivity index (χ1v) is 10.2. The number of hydrogen-bond acceptors (Lipinski definition) is 5. The standard InChI is InChI=1S/C23H28N2O4S/c1-13(2)28-21(26)17-10-18(22(27)29-14(3)4)12-19(11-17)24-23(30)25-20-9-15(5)7-8-16(20)6/h7-14H,1-6H3,(H2,24,25,30). The number of carbonyl (C=O) groups excluding carboxylic acids is 2. The van der Waals surface area contributed by atoms with Crippen LogP contribution in [0.2, 0.25) is 0 Å². The first-order chi connectivity index (χ1) is 14.0. The number of anilines is 2. The Morgan fingerprint density at radius 3 is 1.87 bits per heavy atom. The van der Waals surface area contributed by atoms with E-state index in [1.54, 1.807) is 39.8 Å². The van der Waals surface area contributed by atoms with Gasteiger partial charge in [0.05, 0.1) is 23.3 Å². The molecular formula is C23H28N2O4S. The molecule has 2 aromatic rings. The number of hydrogen-bond donors (Lipinski definition) is 2. The minimum absolute atomic E-state index is 0.235. The van der Waals surface area contributed by atoms with E-state index in [2.05, 4.69) is 10.6 Å². The van der Waals surface area contributed by atoms with Gasteiger partial charge in [-0.15, -0.1) is 0 Å². The second-order valence-electron chi connectivity index (χ2n) is 7.60. The Morgan fingerprint density at radius 2 is 1.37 bits per heavy atom. The molecule has 0 unspecified atom stereocenters. The number of carbonyl (C=O) groups is 2. The fourth-order valence-corrected chi connectivity index (χ4v) is 2.88. The summed E-state index contributed by atoms with van der Waals surface area (Å²) in [7, 11) is 0. The third kappa shape index (κ3) is 6.84. The second kappa shape index (κ2) is 10.2. The van der Waals surface area contributed by atoms with E-state index in [-0.39, 0.29) is 23.3 Å². The second-order valence-corrected chi connectivity index (χ2v) is 8.01. The summed E-state index contributed by atoms with van der Waals surface area (Å²) >= 11 is 5.42. The highest BCUT2D eigenvalue weighted by atomic mass is 32.1. The van der Waals surface area contributed by atoms with Gasteiger partial charge in [0.25, 0.3) is 0 Å². The lowest BCUT2D eigenvalue weighted by atomic mass is 10.1. The molecule has 30 heavy (non-hydrogen) atoms. The van der Waals surface area contributed by atoms with E-state index < -0.39 is 11.9 Å². The maximum Gasteiger partial charge on any atom is 0.338 e. The van der Waals surface area contributed by atoms with Crippen LogP contribution in [0.4, 0.5) is 11.4 Å². The van der Waals surface area contributed by atoms with Crippen LogP contribution in [-0.2, 0) is 9.47 Å². The van der Waals surface area contributed by atoms with E-state index in [1.165, 1.54) is 6.07 Å². The number of esters is 2. The normalized spacial score (nSPS) is 10.7. The molecule has 0 radical (unpaired) electrons. The van der Waals surface area contributed by atoms with E-state index in [1.807, 2.05) is 32.0 Å². The molecular weight excluding hydrogens is 400 g/mol. The Balaban J connectivity index is 2.30. The van der Waals surface area contributed by atoms with Crippen molar-refractivity contribution in [1.29, 1.82) is 0 Å². The fourth-order valence-electron chi connectivity index (χ4n) is 2.65. The SMILES string of the molecule is Cc1ccc(C)c(NC(=S)Nc2cc(C(=O)OC(C)C)cc(C(=O)OC(C)C)c2)c1. The van der Waals surface area contributed by atoms with E-state index in [4.69, 9.17) is 21.7 Å². The molecule has 0 amide bonds. The lowest BCUT2D eigenvalue weighted by molar-refractivity contribution is 0.0377. The van der Waals surface area contributed by atoms with Crippen molar-refractivity contribution in [3.8, 4) is 0 Å². The summed E-state index contributed by atoms with van der Waals surface area (Å²) in [5.74, 6) is -1.05. The molecule has 0 saturated carbocycles. The quantitative estimate of drug-likeness (QED) is 0.481. The number of benzene rings is 2. The van der Waals surface area contributed by atoms with Gasteiger partial charge in [0.2, 0.25) is 0 Å². The van der Waals surface area contributed by atoms with Crippen molar-refractivity contribution in [2.24, 2.45) is 0 Å². The molecule has 0 aromatic heterocycles. The molecule has 0 spiro atoms. The van der Waals surface area contributed by atoms with Crippen LogP contribution in [0.15, 0.2) is 36.4 Å². The molecule has 160 valence electrons. The van der Waals surface area contributed by atoms with Crippen molar-refractivity contribution in [3.63, 3.8) is 0 Å². The number of thiocarbonyl (C=S) groups is 1. The highest BCUT2D eigenvalue weighted by Crippen LogP contribution is 2.20. The molecule has 0 aliphatic carbocycles. The van der Waals surface area contributed by atoms with Gasteiger partial charge in [-0.25, -0.2) is 9.59 Å². The van der Waals surface area contributed by atoms with Crippen LogP contribution in [0.1, 0.15) is 59.5 Å². The van der Waals surface area contributed by atoms with Gasteiger partial charge < -0.3 is 20.1 Å². The maximum atomic E-state index is 12.4. The molecule has 2 aromatic carbocycles. The van der Waals surface area contributed by atoms with Gasteiger partial charge in [0.15, 0.2) is 5.11 Å². The third-order valence-corrected chi connectivity index (χ3v) is 4.19. The smallest absolute Gasteiger partial charge is 0.338 e. The molecule has 0 saturated heterocycles. The van der Waals surface area contributed by atoms with Crippen molar-refractivity contribution in [2.45, 2.75) is 53.8 Å². The van der Waals surface area contributed by atoms with Gasteiger partial charge >= 0.3 is 11.9 Å². The van der Waals surface area contributed by atoms with Gasteiger partial charge in [-0.3, -0.25) is 0 Å². The molecule has 0 fully saturated rings. The Labute approximate surface area is 183 Å². The average molecular weight is 429 g/mol. The summed E-state index contributed by atoms with van der Waals surface area (Å²) < 4.78 is 10.5. The summed E-state index contributed by atoms with van der Waals surface area (Å²) in [6.45, 7) is 11.0. The summed E-state index contributed by atoms with van der Waals surface area (Å²) in [5.41, 5.74) is 3.97. The highest BCUT2D eigenvalue weighted by Gasteiger charge is 2.17. The minimum Gasteiger partial charge on any atom is -0.459 e. The van der Waals surface area contributed by atoms with Crippen LogP contribution in [0, 0.1) is 13.8 Å². The zero-order valence-electron chi connectivity index (χ0n) is 18.2. The van der Waals surface area contributed by atoms with Gasteiger partial charge in [-0.2, -0.15) is 0 Å². The van der Waals surface area contributed by atoms with Gasteiger partial charge in [0, 0.05) is 11.4 Å². The van der Waals surface area contributed by atoms with E-state index in [0.717, 1.165) is 16.8 Å². The molecule has 0 aliphatic heterocycles. The molecule has 6 nitrogen and oxygen atoms in total. The third-order valence-electron chi connectivity index (χ3n) is 3.99. The van der Waals surface area contributed by atoms with E-state index >= 15 is 0 Å². The lowest BCUT2D eigenvalue weighted by Gasteiger charge is -2.16. The van der Waals surface area contributed by atoms with Gasteiger partial charge in [-0.05, 0) is 89.2 Å². The zero-order valence-corrected chi connectivity index (χ0v) is 19.0. The average Bonchev–Trinajstić information content (AvgIpc) is 2.63. The van der Waals surface area contributed by atoms with E-state index in [9.17, 15) is 9.59 Å². The molecule has 7 heteroatoms. The van der Waals surface area contributed by atoms with Crippen LogP contribution in [0.3, 0.4) is 0 Å². The van der Waals surface area contributed by atoms with Crippen molar-refractivity contribution >= 4 is 40.6 Å². The molecule has 0 atom stereocenters. The topological polar surface area (TPSA) is 76.7 Å². The lowest BCUT2D eigenvalue weighted by Crippen LogP contribution is -2.21. The first-order valence-electron chi connectivity index (χ1n) is 9.77. The predicted molar refractivity (Wildman–Crippen MR) is 123 cm³/mol. The summed E-state index contributed by atoms with van der Waals surface area (Å²) in [5, 5.41) is 6.52. The maximum absolute atomic E-state index is 12.4. The highest BCUT2D eigenvalue weighted by molar-refractivity contribution is 7.80. The zero-order chi connectivity index (χ0) is 22.4. The number of aryl methyl sites for hydroxylation is 2. The van der Waals surface area contributed by atoms with Crippen LogP contribution in [-0.4, -0.2) is 29.3 Å². The van der Waals surface area contributed by atoms with Crippen LogP contribution >= 0.6 is 12.2 Å². The first kappa shape index (κ1) is 23.3. The molecule has 2 N–H and O–H groups in total. The van der Waals surface area contributed by atoms with Gasteiger partial charge in [-0.1, -0.05) is 12.1 Å². The summed E-state index contributed by atoms with van der Waals surface area (Å²) in [6, 6.07) is 10.7. The molecule has 0 heterocycles. The molecule has 2 rings (SSSR count). The fraction of sp³-hybridized carbons (Fsp3) is 0.348. The van der Waals surface area contributed by atoms with Crippen LogP contribution in [0.5, 0.6) is 0 Å². The predicted octanol–water partition coefficient (Wildman–Crippen LogP) is 5.24. The minimum atomic E-state index is -0.527. The Bertz CT molecular complexity index is 914. The van der Waals surface area contributed by atoms with Crippen LogP contribution in [0.25, 0.3) is 0 Å². The summed E-state index contributed by atoms with van der Waals surface area (Å²) in [4.78, 5) is 24.8. The monoisotopic (exact) mass is 428 g/mol. The Kier molecular flexibility index (Phi) is 7.94. The van der Waals surface area contributed by atoms with Crippen molar-refractivity contribution < 1.29 is 19.1 Å². The van der Waals surface area contributed by atoms with Crippen molar-refractivity contribution in [3.05, 3.63) is 58.7 Å². The van der Waals surface area contributed by atoms with E-state index in [0.29, 0.717) is 10.8 Å². The largest absolute Gasteiger partial charge is 0.459 e. The number of nitrogens with one attached hydrogen (secondary N) is 2.